The lowest BCUT2D eigenvalue weighted by Crippen LogP contribution is -2.52. The van der Waals surface area contributed by atoms with Gasteiger partial charge in [0.05, 0.1) is 22.0 Å². The zero-order chi connectivity index (χ0) is 25.5. The normalized spacial score (nSPS) is 12.2. The third-order valence-corrected chi connectivity index (χ3v) is 6.95. The number of benzene rings is 2. The Morgan fingerprint density at radius 2 is 1.71 bits per heavy atom. The van der Waals surface area contributed by atoms with Crippen LogP contribution in [0.2, 0.25) is 10.0 Å². The molecule has 0 aromatic heterocycles. The highest BCUT2D eigenvalue weighted by Gasteiger charge is 2.31. The summed E-state index contributed by atoms with van der Waals surface area (Å²) in [6.45, 7) is 3.56. The molecule has 0 aliphatic rings. The van der Waals surface area contributed by atoms with Gasteiger partial charge >= 0.3 is 0 Å². The van der Waals surface area contributed by atoms with Gasteiger partial charge in [0, 0.05) is 13.1 Å². The van der Waals surface area contributed by atoms with Gasteiger partial charge < -0.3 is 10.2 Å². The van der Waals surface area contributed by atoms with Crippen molar-refractivity contribution < 1.29 is 22.4 Å². The van der Waals surface area contributed by atoms with Crippen LogP contribution in [0.25, 0.3) is 0 Å². The second-order valence-corrected chi connectivity index (χ2v) is 10.5. The fourth-order valence-electron chi connectivity index (χ4n) is 3.34. The van der Waals surface area contributed by atoms with Gasteiger partial charge in [0.1, 0.15) is 18.4 Å². The van der Waals surface area contributed by atoms with E-state index in [0.29, 0.717) is 28.6 Å². The Balaban J connectivity index is 2.43. The number of carbonyl (C=O) groups excluding carboxylic acids is 2. The zero-order valence-corrected chi connectivity index (χ0v) is 21.6. The van der Waals surface area contributed by atoms with Crippen LogP contribution in [0.4, 0.5) is 10.1 Å². The summed E-state index contributed by atoms with van der Waals surface area (Å²) in [6.07, 6.45) is 1.98. The van der Waals surface area contributed by atoms with E-state index in [-0.39, 0.29) is 18.1 Å². The summed E-state index contributed by atoms with van der Waals surface area (Å²) in [5.74, 6) is -1.48. The van der Waals surface area contributed by atoms with E-state index in [9.17, 15) is 22.4 Å². The molecule has 1 N–H and O–H groups in total. The van der Waals surface area contributed by atoms with Gasteiger partial charge in [0.25, 0.3) is 0 Å². The van der Waals surface area contributed by atoms with Crippen molar-refractivity contribution >= 4 is 50.7 Å². The molecule has 0 aliphatic heterocycles. The molecule has 11 heteroatoms. The first kappa shape index (κ1) is 27.9. The van der Waals surface area contributed by atoms with Crippen LogP contribution in [-0.2, 0) is 26.2 Å². The van der Waals surface area contributed by atoms with Gasteiger partial charge in [0.15, 0.2) is 0 Å². The average molecular weight is 532 g/mol. The molecule has 2 rings (SSSR count). The minimum atomic E-state index is -3.89. The number of amides is 2. The first-order chi connectivity index (χ1) is 16.0. The predicted molar refractivity (Wildman–Crippen MR) is 133 cm³/mol. The highest BCUT2D eigenvalue weighted by Crippen LogP contribution is 2.25. The number of rotatable bonds is 11. The topological polar surface area (TPSA) is 86.8 Å². The fourth-order valence-corrected chi connectivity index (χ4v) is 4.51. The smallest absolute Gasteiger partial charge is 0.244 e. The lowest BCUT2D eigenvalue weighted by molar-refractivity contribution is -0.140. The molecule has 2 aromatic carbocycles. The second-order valence-electron chi connectivity index (χ2n) is 7.73. The van der Waals surface area contributed by atoms with Crippen molar-refractivity contribution in [2.75, 3.05) is 23.7 Å². The van der Waals surface area contributed by atoms with E-state index < -0.39 is 34.3 Å². The molecule has 34 heavy (non-hydrogen) atoms. The van der Waals surface area contributed by atoms with Gasteiger partial charge in [-0.1, -0.05) is 43.1 Å². The highest BCUT2D eigenvalue weighted by molar-refractivity contribution is 7.92. The van der Waals surface area contributed by atoms with E-state index in [4.69, 9.17) is 23.2 Å². The van der Waals surface area contributed by atoms with Gasteiger partial charge in [0.2, 0.25) is 21.8 Å². The van der Waals surface area contributed by atoms with Crippen molar-refractivity contribution in [1.82, 2.24) is 10.2 Å². The maximum atomic E-state index is 13.5. The average Bonchev–Trinajstić information content (AvgIpc) is 2.78. The van der Waals surface area contributed by atoms with Crippen molar-refractivity contribution in [1.29, 1.82) is 0 Å². The maximum absolute atomic E-state index is 13.5. The number of anilines is 1. The lowest BCUT2D eigenvalue weighted by Gasteiger charge is -2.33. The number of nitrogens with zero attached hydrogens (tertiary/aromatic N) is 2. The number of hydrogen-bond acceptors (Lipinski definition) is 4. The minimum absolute atomic E-state index is 0.00872. The van der Waals surface area contributed by atoms with Gasteiger partial charge in [-0.3, -0.25) is 13.9 Å². The molecule has 0 fully saturated rings. The van der Waals surface area contributed by atoms with Crippen molar-refractivity contribution in [3.05, 3.63) is 63.9 Å². The summed E-state index contributed by atoms with van der Waals surface area (Å²) in [5.41, 5.74) is 0.757. The summed E-state index contributed by atoms with van der Waals surface area (Å²) in [5, 5.41) is 3.43. The van der Waals surface area contributed by atoms with E-state index in [0.717, 1.165) is 29.1 Å². The van der Waals surface area contributed by atoms with Gasteiger partial charge in [-0.05, 0) is 54.8 Å². The number of carbonyl (C=O) groups is 2. The van der Waals surface area contributed by atoms with E-state index in [1.807, 2.05) is 6.92 Å². The Bertz CT molecular complexity index is 1110. The standard InChI is InChI=1S/C23H28Cl2FN3O4S/c1-4-12-27-23(31)21(5-2)28(14-16-6-11-19(24)20(25)13-16)22(30)15-29(34(3,32)33)18-9-7-17(26)8-10-18/h6-11,13,21H,4-5,12,14-15H2,1-3H3,(H,27,31)/t21-/m0/s1. The summed E-state index contributed by atoms with van der Waals surface area (Å²) in [4.78, 5) is 27.7. The molecule has 186 valence electrons. The molecule has 0 spiro atoms. The Morgan fingerprint density at radius 3 is 2.24 bits per heavy atom. The molecule has 0 saturated carbocycles. The Kier molecular flexibility index (Phi) is 10.1. The van der Waals surface area contributed by atoms with Gasteiger partial charge in [-0.2, -0.15) is 0 Å². The van der Waals surface area contributed by atoms with E-state index in [2.05, 4.69) is 5.32 Å². The Labute approximate surface area is 209 Å². The highest BCUT2D eigenvalue weighted by atomic mass is 35.5. The largest absolute Gasteiger partial charge is 0.354 e. The lowest BCUT2D eigenvalue weighted by atomic mass is 10.1. The first-order valence-electron chi connectivity index (χ1n) is 10.7. The summed E-state index contributed by atoms with van der Waals surface area (Å²) in [7, 11) is -3.89. The monoisotopic (exact) mass is 531 g/mol. The molecule has 2 amide bonds. The second kappa shape index (κ2) is 12.4. The van der Waals surface area contributed by atoms with Crippen LogP contribution >= 0.6 is 23.2 Å². The van der Waals surface area contributed by atoms with E-state index >= 15 is 0 Å². The third kappa shape index (κ3) is 7.58. The van der Waals surface area contributed by atoms with Gasteiger partial charge in [-0.15, -0.1) is 0 Å². The minimum Gasteiger partial charge on any atom is -0.354 e. The van der Waals surface area contributed by atoms with Crippen molar-refractivity contribution in [2.24, 2.45) is 0 Å². The molecular formula is C23H28Cl2FN3O4S. The SMILES string of the molecule is CCCNC(=O)[C@H](CC)N(Cc1ccc(Cl)c(Cl)c1)C(=O)CN(c1ccc(F)cc1)S(C)(=O)=O. The molecule has 0 unspecified atom stereocenters. The zero-order valence-electron chi connectivity index (χ0n) is 19.2. The van der Waals surface area contributed by atoms with Crippen LogP contribution in [0, 0.1) is 5.82 Å². The first-order valence-corrected chi connectivity index (χ1v) is 13.3. The van der Waals surface area contributed by atoms with Crippen molar-refractivity contribution in [3.63, 3.8) is 0 Å². The van der Waals surface area contributed by atoms with Gasteiger partial charge in [-0.25, -0.2) is 12.8 Å². The molecule has 0 radical (unpaired) electrons. The fraction of sp³-hybridized carbons (Fsp3) is 0.391. The van der Waals surface area contributed by atoms with Crippen LogP contribution in [0.1, 0.15) is 32.3 Å². The van der Waals surface area contributed by atoms with E-state index in [1.54, 1.807) is 25.1 Å². The predicted octanol–water partition coefficient (Wildman–Crippen LogP) is 4.23. The quantitative estimate of drug-likeness (QED) is 0.469. The van der Waals surface area contributed by atoms with Crippen LogP contribution < -0.4 is 9.62 Å². The summed E-state index contributed by atoms with van der Waals surface area (Å²) >= 11 is 12.1. The number of sulfonamides is 1. The molecule has 7 nitrogen and oxygen atoms in total. The van der Waals surface area contributed by atoms with Crippen molar-refractivity contribution in [2.45, 2.75) is 39.3 Å². The molecule has 0 heterocycles. The summed E-state index contributed by atoms with van der Waals surface area (Å²) in [6, 6.07) is 8.78. The molecular weight excluding hydrogens is 504 g/mol. The summed E-state index contributed by atoms with van der Waals surface area (Å²) < 4.78 is 39.2. The number of hydrogen-bond donors (Lipinski definition) is 1. The van der Waals surface area contributed by atoms with E-state index in [1.165, 1.54) is 17.0 Å². The Hall–Kier alpha value is -2.36. The maximum Gasteiger partial charge on any atom is 0.244 e. The van der Waals surface area contributed by atoms with Crippen LogP contribution in [-0.4, -0.2) is 50.5 Å². The number of nitrogens with one attached hydrogen (secondary N) is 1. The van der Waals surface area contributed by atoms with Crippen molar-refractivity contribution in [3.8, 4) is 0 Å². The molecule has 0 saturated heterocycles. The molecule has 0 aliphatic carbocycles. The van der Waals surface area contributed by atoms with Crippen LogP contribution in [0.15, 0.2) is 42.5 Å². The molecule has 0 bridgehead atoms. The third-order valence-electron chi connectivity index (χ3n) is 5.07. The van der Waals surface area contributed by atoms with Crippen LogP contribution in [0.3, 0.4) is 0 Å². The Morgan fingerprint density at radius 1 is 1.06 bits per heavy atom. The van der Waals surface area contributed by atoms with Crippen LogP contribution in [0.5, 0.6) is 0 Å². The molecule has 2 aromatic rings. The molecule has 1 atom stereocenters. The number of halogens is 3.